The summed E-state index contributed by atoms with van der Waals surface area (Å²) in [6.07, 6.45) is 0. The fourth-order valence-electron chi connectivity index (χ4n) is 1.68. The maximum Gasteiger partial charge on any atom is 0.326 e. The van der Waals surface area contributed by atoms with Crippen LogP contribution in [0.15, 0.2) is 24.3 Å². The highest BCUT2D eigenvalue weighted by atomic mass is 16.5. The molecule has 0 saturated heterocycles. The number of nitrogens with zero attached hydrogens (tertiary/aromatic N) is 1. The number of carboxylic acid groups (broad SMARTS) is 1. The molecule has 0 fully saturated rings. The van der Waals surface area contributed by atoms with Crippen LogP contribution in [0.5, 0.6) is 5.75 Å². The Balaban J connectivity index is 2.66. The summed E-state index contributed by atoms with van der Waals surface area (Å²) >= 11 is 0. The van der Waals surface area contributed by atoms with Gasteiger partial charge in [-0.3, -0.25) is 4.79 Å². The van der Waals surface area contributed by atoms with Crippen molar-refractivity contribution in [3.05, 3.63) is 29.8 Å². The van der Waals surface area contributed by atoms with Gasteiger partial charge in [0, 0.05) is 0 Å². The Labute approximate surface area is 123 Å². The lowest BCUT2D eigenvalue weighted by atomic mass is 9.87. The van der Waals surface area contributed by atoms with Gasteiger partial charge in [-0.25, -0.2) is 4.79 Å². The van der Waals surface area contributed by atoms with Crippen molar-refractivity contribution in [1.82, 2.24) is 5.32 Å². The standard InChI is InChI=1S/C15H18N2O4/c1-15(2,3)13(14(19)20)17-12(18)9-21-11-7-5-4-6-10(11)8-16/h4-7,13H,9H2,1-3H3,(H,17,18)(H,19,20). The van der Waals surface area contributed by atoms with Crippen LogP contribution in [0.3, 0.4) is 0 Å². The number of carbonyl (C=O) groups excluding carboxylic acids is 1. The first-order valence-electron chi connectivity index (χ1n) is 6.40. The van der Waals surface area contributed by atoms with E-state index in [9.17, 15) is 9.59 Å². The van der Waals surface area contributed by atoms with Crippen LogP contribution in [0.2, 0.25) is 0 Å². The molecule has 1 aromatic carbocycles. The zero-order chi connectivity index (χ0) is 16.0. The van der Waals surface area contributed by atoms with Crippen molar-refractivity contribution in [1.29, 1.82) is 5.26 Å². The fraction of sp³-hybridized carbons (Fsp3) is 0.400. The number of ether oxygens (including phenoxy) is 1. The molecule has 0 spiro atoms. The zero-order valence-electron chi connectivity index (χ0n) is 12.2. The van der Waals surface area contributed by atoms with Crippen molar-refractivity contribution in [2.24, 2.45) is 5.41 Å². The normalized spacial score (nSPS) is 12.1. The molecule has 0 bridgehead atoms. The second-order valence-electron chi connectivity index (χ2n) is 5.60. The minimum atomic E-state index is -1.10. The molecule has 1 aromatic rings. The van der Waals surface area contributed by atoms with E-state index in [1.165, 1.54) is 0 Å². The average Bonchev–Trinajstić information content (AvgIpc) is 2.41. The second kappa shape index (κ2) is 6.75. The first-order valence-corrected chi connectivity index (χ1v) is 6.40. The predicted molar refractivity (Wildman–Crippen MR) is 75.7 cm³/mol. The van der Waals surface area contributed by atoms with Crippen molar-refractivity contribution in [2.75, 3.05) is 6.61 Å². The Morgan fingerprint density at radius 1 is 1.38 bits per heavy atom. The number of nitriles is 1. The molecule has 112 valence electrons. The number of rotatable bonds is 5. The number of carboxylic acids is 1. The Hall–Kier alpha value is -2.55. The molecule has 1 atom stereocenters. The van der Waals surface area contributed by atoms with E-state index in [0.29, 0.717) is 5.56 Å². The molecule has 0 aliphatic heterocycles. The molecule has 6 heteroatoms. The summed E-state index contributed by atoms with van der Waals surface area (Å²) in [6.45, 7) is 4.81. The second-order valence-corrected chi connectivity index (χ2v) is 5.60. The molecule has 1 rings (SSSR count). The smallest absolute Gasteiger partial charge is 0.326 e. The van der Waals surface area contributed by atoms with Crippen molar-refractivity contribution in [2.45, 2.75) is 26.8 Å². The number of para-hydroxylation sites is 1. The van der Waals surface area contributed by atoms with Crippen LogP contribution in [0.25, 0.3) is 0 Å². The van der Waals surface area contributed by atoms with Gasteiger partial charge in [-0.1, -0.05) is 32.9 Å². The number of aliphatic carboxylic acids is 1. The number of amides is 1. The molecular weight excluding hydrogens is 272 g/mol. The zero-order valence-corrected chi connectivity index (χ0v) is 12.2. The Morgan fingerprint density at radius 2 is 2.00 bits per heavy atom. The van der Waals surface area contributed by atoms with E-state index < -0.39 is 23.3 Å². The van der Waals surface area contributed by atoms with E-state index in [4.69, 9.17) is 15.1 Å². The molecule has 6 nitrogen and oxygen atoms in total. The first-order chi connectivity index (χ1) is 9.75. The van der Waals surface area contributed by atoms with E-state index in [1.807, 2.05) is 6.07 Å². The van der Waals surface area contributed by atoms with Crippen molar-refractivity contribution < 1.29 is 19.4 Å². The third-order valence-corrected chi connectivity index (χ3v) is 2.78. The van der Waals surface area contributed by atoms with Crippen LogP contribution in [-0.2, 0) is 9.59 Å². The van der Waals surface area contributed by atoms with Gasteiger partial charge >= 0.3 is 5.97 Å². The molecule has 0 saturated carbocycles. The number of benzene rings is 1. The van der Waals surface area contributed by atoms with Gasteiger partial charge in [0.15, 0.2) is 6.61 Å². The minimum Gasteiger partial charge on any atom is -0.482 e. The van der Waals surface area contributed by atoms with Gasteiger partial charge in [0.2, 0.25) is 0 Å². The van der Waals surface area contributed by atoms with E-state index in [2.05, 4.69) is 5.32 Å². The van der Waals surface area contributed by atoms with Gasteiger partial charge in [0.25, 0.3) is 5.91 Å². The Morgan fingerprint density at radius 3 is 2.52 bits per heavy atom. The largest absolute Gasteiger partial charge is 0.482 e. The van der Waals surface area contributed by atoms with Crippen LogP contribution >= 0.6 is 0 Å². The molecule has 21 heavy (non-hydrogen) atoms. The maximum atomic E-state index is 11.8. The van der Waals surface area contributed by atoms with Crippen LogP contribution in [0.1, 0.15) is 26.3 Å². The van der Waals surface area contributed by atoms with Crippen molar-refractivity contribution in [3.8, 4) is 11.8 Å². The van der Waals surface area contributed by atoms with Gasteiger partial charge in [-0.15, -0.1) is 0 Å². The van der Waals surface area contributed by atoms with Crippen LogP contribution < -0.4 is 10.1 Å². The fourth-order valence-corrected chi connectivity index (χ4v) is 1.68. The molecule has 1 unspecified atom stereocenters. The van der Waals surface area contributed by atoms with Crippen molar-refractivity contribution >= 4 is 11.9 Å². The number of carbonyl (C=O) groups is 2. The Bertz CT molecular complexity index is 570. The summed E-state index contributed by atoms with van der Waals surface area (Å²) in [4.78, 5) is 23.0. The lowest BCUT2D eigenvalue weighted by molar-refractivity contribution is -0.145. The highest BCUT2D eigenvalue weighted by molar-refractivity contribution is 5.84. The van der Waals surface area contributed by atoms with Gasteiger partial charge < -0.3 is 15.2 Å². The van der Waals surface area contributed by atoms with E-state index in [0.717, 1.165) is 0 Å². The summed E-state index contributed by atoms with van der Waals surface area (Å²) < 4.78 is 5.26. The summed E-state index contributed by atoms with van der Waals surface area (Å²) in [7, 11) is 0. The van der Waals surface area contributed by atoms with Crippen LogP contribution in [0.4, 0.5) is 0 Å². The van der Waals surface area contributed by atoms with E-state index in [-0.39, 0.29) is 12.4 Å². The summed E-state index contributed by atoms with van der Waals surface area (Å²) in [5, 5.41) is 20.4. The average molecular weight is 290 g/mol. The summed E-state index contributed by atoms with van der Waals surface area (Å²) in [5.41, 5.74) is -0.303. The molecule has 0 radical (unpaired) electrons. The van der Waals surface area contributed by atoms with E-state index in [1.54, 1.807) is 45.0 Å². The predicted octanol–water partition coefficient (Wildman–Crippen LogP) is 1.55. The maximum absolute atomic E-state index is 11.8. The lowest BCUT2D eigenvalue weighted by Gasteiger charge is -2.27. The molecule has 0 heterocycles. The van der Waals surface area contributed by atoms with Gasteiger partial charge in [-0.05, 0) is 17.5 Å². The third kappa shape index (κ3) is 4.80. The Kier molecular flexibility index (Phi) is 5.30. The molecule has 0 aliphatic rings. The number of hydrogen-bond donors (Lipinski definition) is 2. The summed E-state index contributed by atoms with van der Waals surface area (Å²) in [6, 6.07) is 7.45. The van der Waals surface area contributed by atoms with Crippen LogP contribution in [-0.4, -0.2) is 29.6 Å². The quantitative estimate of drug-likeness (QED) is 0.857. The highest BCUT2D eigenvalue weighted by Gasteiger charge is 2.32. The number of hydrogen-bond acceptors (Lipinski definition) is 4. The van der Waals surface area contributed by atoms with Gasteiger partial charge in [0.05, 0.1) is 5.56 Å². The highest BCUT2D eigenvalue weighted by Crippen LogP contribution is 2.20. The van der Waals surface area contributed by atoms with Crippen LogP contribution in [0, 0.1) is 16.7 Å². The third-order valence-electron chi connectivity index (χ3n) is 2.78. The molecule has 2 N–H and O–H groups in total. The minimum absolute atomic E-state index is 0.290. The van der Waals surface area contributed by atoms with Gasteiger partial charge in [-0.2, -0.15) is 5.26 Å². The monoisotopic (exact) mass is 290 g/mol. The van der Waals surface area contributed by atoms with Crippen molar-refractivity contribution in [3.63, 3.8) is 0 Å². The summed E-state index contributed by atoms with van der Waals surface area (Å²) in [5.74, 6) is -1.36. The number of nitrogens with one attached hydrogen (secondary N) is 1. The SMILES string of the molecule is CC(C)(C)C(NC(=O)COc1ccccc1C#N)C(=O)O. The van der Waals surface area contributed by atoms with E-state index >= 15 is 0 Å². The van der Waals surface area contributed by atoms with Gasteiger partial charge in [0.1, 0.15) is 17.9 Å². The molecule has 0 aliphatic carbocycles. The molecule has 1 amide bonds. The molecular formula is C15H18N2O4. The molecule has 0 aromatic heterocycles. The lowest BCUT2D eigenvalue weighted by Crippen LogP contribution is -2.50. The first kappa shape index (κ1) is 16.5. The topological polar surface area (TPSA) is 99.4 Å².